The SMILES string of the molecule is Cc1ccnc(CC#N)c1B1OC(C)(C)C(C)(C)O1. The number of aryl methyl sites for hydroxylation is 1. The molecule has 1 aromatic heterocycles. The molecule has 0 aliphatic carbocycles. The van der Waals surface area contributed by atoms with Crippen molar-refractivity contribution in [3.8, 4) is 6.07 Å². The number of nitrogens with zero attached hydrogens (tertiary/aromatic N) is 2. The Balaban J connectivity index is 2.42. The second-order valence-electron chi connectivity index (χ2n) is 5.91. The predicted molar refractivity (Wildman–Crippen MR) is 74.0 cm³/mol. The lowest BCUT2D eigenvalue weighted by Gasteiger charge is -2.32. The minimum Gasteiger partial charge on any atom is -0.399 e. The van der Waals surface area contributed by atoms with Crippen LogP contribution in [0.25, 0.3) is 0 Å². The van der Waals surface area contributed by atoms with Gasteiger partial charge in [0.15, 0.2) is 0 Å². The van der Waals surface area contributed by atoms with Crippen molar-refractivity contribution in [1.82, 2.24) is 4.98 Å². The molecule has 4 nitrogen and oxygen atoms in total. The summed E-state index contributed by atoms with van der Waals surface area (Å²) in [5, 5.41) is 8.91. The average molecular weight is 258 g/mol. The van der Waals surface area contributed by atoms with Gasteiger partial charge in [0, 0.05) is 11.7 Å². The standard InChI is InChI=1S/C14H19BN2O2/c1-10-7-9-17-11(6-8-16)12(10)15-18-13(2,3)14(4,5)19-15/h7,9H,6H2,1-5H3. The van der Waals surface area contributed by atoms with E-state index in [1.54, 1.807) is 6.20 Å². The predicted octanol–water partition coefficient (Wildman–Crippen LogP) is 1.76. The van der Waals surface area contributed by atoms with E-state index in [2.05, 4.69) is 11.1 Å². The van der Waals surface area contributed by atoms with Gasteiger partial charge in [-0.15, -0.1) is 0 Å². The van der Waals surface area contributed by atoms with Crippen LogP contribution in [0.3, 0.4) is 0 Å². The maximum absolute atomic E-state index is 8.91. The van der Waals surface area contributed by atoms with E-state index in [1.165, 1.54) is 0 Å². The third kappa shape index (κ3) is 2.38. The molecule has 0 unspecified atom stereocenters. The molecule has 2 heterocycles. The van der Waals surface area contributed by atoms with Crippen molar-refractivity contribution in [3.63, 3.8) is 0 Å². The summed E-state index contributed by atoms with van der Waals surface area (Å²) in [7, 11) is -0.456. The zero-order valence-corrected chi connectivity index (χ0v) is 12.2. The Labute approximate surface area is 114 Å². The van der Waals surface area contributed by atoms with Gasteiger partial charge in [-0.1, -0.05) is 0 Å². The third-order valence-corrected chi connectivity index (χ3v) is 4.03. The maximum atomic E-state index is 8.91. The molecule has 5 heteroatoms. The van der Waals surface area contributed by atoms with Gasteiger partial charge < -0.3 is 9.31 Å². The van der Waals surface area contributed by atoms with Gasteiger partial charge in [-0.2, -0.15) is 5.26 Å². The van der Waals surface area contributed by atoms with E-state index in [1.807, 2.05) is 40.7 Å². The first-order valence-corrected chi connectivity index (χ1v) is 6.45. The summed E-state index contributed by atoms with van der Waals surface area (Å²) in [4.78, 5) is 4.29. The number of pyridine rings is 1. The van der Waals surface area contributed by atoms with Gasteiger partial charge in [0.05, 0.1) is 29.4 Å². The van der Waals surface area contributed by atoms with E-state index in [0.29, 0.717) is 0 Å². The van der Waals surface area contributed by atoms with Crippen LogP contribution in [0.1, 0.15) is 39.0 Å². The Kier molecular flexibility index (Phi) is 3.42. The molecule has 1 saturated heterocycles. The van der Waals surface area contributed by atoms with Crippen LogP contribution in [0, 0.1) is 18.3 Å². The Hall–Kier alpha value is -1.38. The minimum atomic E-state index is -0.456. The second-order valence-corrected chi connectivity index (χ2v) is 5.91. The molecule has 1 aromatic rings. The molecule has 1 aliphatic rings. The highest BCUT2D eigenvalue weighted by Gasteiger charge is 2.52. The van der Waals surface area contributed by atoms with E-state index >= 15 is 0 Å². The minimum absolute atomic E-state index is 0.265. The molecule has 1 fully saturated rings. The largest absolute Gasteiger partial charge is 0.497 e. The van der Waals surface area contributed by atoms with Crippen LogP contribution >= 0.6 is 0 Å². The highest BCUT2D eigenvalue weighted by atomic mass is 16.7. The van der Waals surface area contributed by atoms with E-state index < -0.39 is 7.12 Å². The number of nitriles is 1. The summed E-state index contributed by atoms with van der Waals surface area (Å²) in [5.41, 5.74) is 1.90. The van der Waals surface area contributed by atoms with Crippen LogP contribution in [-0.2, 0) is 15.7 Å². The first-order chi connectivity index (χ1) is 8.78. The fraction of sp³-hybridized carbons (Fsp3) is 0.571. The molecule has 1 aliphatic heterocycles. The zero-order valence-electron chi connectivity index (χ0n) is 12.2. The number of aromatic nitrogens is 1. The van der Waals surface area contributed by atoms with Gasteiger partial charge in [0.2, 0.25) is 0 Å². The third-order valence-electron chi connectivity index (χ3n) is 4.03. The molecule has 0 radical (unpaired) electrons. The summed E-state index contributed by atoms with van der Waals surface area (Å²) in [6.07, 6.45) is 1.98. The van der Waals surface area contributed by atoms with Crippen LogP contribution in [0.2, 0.25) is 0 Å². The molecular formula is C14H19BN2O2. The quantitative estimate of drug-likeness (QED) is 0.758. The van der Waals surface area contributed by atoms with Crippen molar-refractivity contribution >= 4 is 12.6 Å². The molecule has 0 saturated carbocycles. The van der Waals surface area contributed by atoms with Gasteiger partial charge in [0.1, 0.15) is 0 Å². The van der Waals surface area contributed by atoms with Crippen LogP contribution in [0.15, 0.2) is 12.3 Å². The Morgan fingerprint density at radius 2 is 1.84 bits per heavy atom. The summed E-state index contributed by atoms with van der Waals surface area (Å²) >= 11 is 0. The molecule has 19 heavy (non-hydrogen) atoms. The molecule has 100 valence electrons. The fourth-order valence-electron chi connectivity index (χ4n) is 2.12. The summed E-state index contributed by atoms with van der Waals surface area (Å²) in [6, 6.07) is 4.06. The summed E-state index contributed by atoms with van der Waals surface area (Å²) in [6.45, 7) is 10.1. The molecule has 2 rings (SSSR count). The lowest BCUT2D eigenvalue weighted by Crippen LogP contribution is -2.41. The molecule has 0 spiro atoms. The zero-order chi connectivity index (χ0) is 14.3. The Morgan fingerprint density at radius 1 is 1.26 bits per heavy atom. The first-order valence-electron chi connectivity index (χ1n) is 6.45. The highest BCUT2D eigenvalue weighted by Crippen LogP contribution is 2.36. The van der Waals surface area contributed by atoms with Gasteiger partial charge in [-0.25, -0.2) is 0 Å². The lowest BCUT2D eigenvalue weighted by molar-refractivity contribution is 0.00578. The smallest absolute Gasteiger partial charge is 0.399 e. The van der Waals surface area contributed by atoms with Crippen molar-refractivity contribution in [1.29, 1.82) is 5.26 Å². The lowest BCUT2D eigenvalue weighted by atomic mass is 9.74. The Morgan fingerprint density at radius 3 is 2.37 bits per heavy atom. The van der Waals surface area contributed by atoms with Crippen molar-refractivity contribution in [2.24, 2.45) is 0 Å². The summed E-state index contributed by atoms with van der Waals surface area (Å²) in [5.74, 6) is 0. The fourth-order valence-corrected chi connectivity index (χ4v) is 2.12. The van der Waals surface area contributed by atoms with Crippen LogP contribution in [0.5, 0.6) is 0 Å². The molecule has 0 amide bonds. The van der Waals surface area contributed by atoms with Gasteiger partial charge in [-0.05, 0) is 46.2 Å². The number of rotatable bonds is 2. The van der Waals surface area contributed by atoms with E-state index in [4.69, 9.17) is 14.6 Å². The molecule has 0 N–H and O–H groups in total. The van der Waals surface area contributed by atoms with E-state index in [-0.39, 0.29) is 17.6 Å². The first kappa shape index (κ1) is 14.0. The van der Waals surface area contributed by atoms with Crippen LogP contribution in [-0.4, -0.2) is 23.3 Å². The maximum Gasteiger partial charge on any atom is 0.497 e. The highest BCUT2D eigenvalue weighted by molar-refractivity contribution is 6.63. The molecule has 0 atom stereocenters. The monoisotopic (exact) mass is 258 g/mol. The normalized spacial score (nSPS) is 20.3. The van der Waals surface area contributed by atoms with Crippen LogP contribution < -0.4 is 5.46 Å². The molecule has 0 aromatic carbocycles. The topological polar surface area (TPSA) is 55.1 Å². The van der Waals surface area contributed by atoms with Crippen molar-refractivity contribution in [2.45, 2.75) is 52.2 Å². The second kappa shape index (κ2) is 4.62. The van der Waals surface area contributed by atoms with Gasteiger partial charge in [-0.3, -0.25) is 4.98 Å². The van der Waals surface area contributed by atoms with Crippen molar-refractivity contribution < 1.29 is 9.31 Å². The average Bonchev–Trinajstić information content (AvgIpc) is 2.48. The van der Waals surface area contributed by atoms with Crippen molar-refractivity contribution in [3.05, 3.63) is 23.5 Å². The van der Waals surface area contributed by atoms with Gasteiger partial charge >= 0.3 is 7.12 Å². The number of hydrogen-bond acceptors (Lipinski definition) is 4. The van der Waals surface area contributed by atoms with Crippen LogP contribution in [0.4, 0.5) is 0 Å². The summed E-state index contributed by atoms with van der Waals surface area (Å²) < 4.78 is 12.1. The number of hydrogen-bond donors (Lipinski definition) is 0. The Bertz CT molecular complexity index is 519. The molecular weight excluding hydrogens is 239 g/mol. The molecule has 0 bridgehead atoms. The van der Waals surface area contributed by atoms with Crippen molar-refractivity contribution in [2.75, 3.05) is 0 Å². The van der Waals surface area contributed by atoms with E-state index in [9.17, 15) is 0 Å². The van der Waals surface area contributed by atoms with E-state index in [0.717, 1.165) is 16.7 Å². The van der Waals surface area contributed by atoms with Gasteiger partial charge in [0.25, 0.3) is 0 Å².